The van der Waals surface area contributed by atoms with Crippen LogP contribution in [0.15, 0.2) is 24.3 Å². The van der Waals surface area contributed by atoms with Crippen LogP contribution >= 0.6 is 0 Å². The molecule has 23 heavy (non-hydrogen) atoms. The van der Waals surface area contributed by atoms with Crippen LogP contribution in [-0.2, 0) is 14.8 Å². The van der Waals surface area contributed by atoms with E-state index in [1.54, 1.807) is 29.2 Å². The normalized spacial score (nSPS) is 24.8. The zero-order valence-corrected chi connectivity index (χ0v) is 14.3. The molecule has 0 N–H and O–H groups in total. The lowest BCUT2D eigenvalue weighted by Gasteiger charge is -2.38. The maximum atomic E-state index is 12.8. The minimum atomic E-state index is -3.46. The van der Waals surface area contributed by atoms with Crippen LogP contribution in [0.25, 0.3) is 0 Å². The summed E-state index contributed by atoms with van der Waals surface area (Å²) in [7, 11) is -3.46. The summed E-state index contributed by atoms with van der Waals surface area (Å²) in [5.41, 5.74) is 0.492. The number of carbonyl (C=O) groups is 1. The van der Waals surface area contributed by atoms with Crippen molar-refractivity contribution in [3.05, 3.63) is 24.3 Å². The van der Waals surface area contributed by atoms with Gasteiger partial charge in [-0.1, -0.05) is 19.1 Å². The molecule has 1 aromatic rings. The van der Waals surface area contributed by atoms with Gasteiger partial charge >= 0.3 is 0 Å². The molecule has 0 saturated carbocycles. The SMILES string of the molecule is C[C@H]1CCCN(C(=O)[C@@H]2CN(S(C)(=O)=O)c3ccccc3O2)C1. The monoisotopic (exact) mass is 338 g/mol. The topological polar surface area (TPSA) is 66.9 Å². The first-order valence-corrected chi connectivity index (χ1v) is 9.73. The number of amides is 1. The van der Waals surface area contributed by atoms with E-state index < -0.39 is 16.1 Å². The van der Waals surface area contributed by atoms with E-state index in [0.29, 0.717) is 30.4 Å². The van der Waals surface area contributed by atoms with Crippen LogP contribution in [-0.4, -0.2) is 51.2 Å². The van der Waals surface area contributed by atoms with E-state index in [4.69, 9.17) is 4.74 Å². The van der Waals surface area contributed by atoms with Crippen molar-refractivity contribution in [2.75, 3.05) is 30.2 Å². The van der Waals surface area contributed by atoms with E-state index in [9.17, 15) is 13.2 Å². The number of para-hydroxylation sites is 2. The molecular weight excluding hydrogens is 316 g/mol. The molecule has 1 saturated heterocycles. The number of ether oxygens (including phenoxy) is 1. The van der Waals surface area contributed by atoms with Gasteiger partial charge in [-0.15, -0.1) is 0 Å². The molecule has 0 aliphatic carbocycles. The molecule has 0 spiro atoms. The van der Waals surface area contributed by atoms with Crippen molar-refractivity contribution in [3.63, 3.8) is 0 Å². The number of rotatable bonds is 2. The summed E-state index contributed by atoms with van der Waals surface area (Å²) in [6.45, 7) is 3.57. The quantitative estimate of drug-likeness (QED) is 0.819. The van der Waals surface area contributed by atoms with E-state index in [2.05, 4.69) is 6.92 Å². The molecule has 0 radical (unpaired) electrons. The fourth-order valence-corrected chi connectivity index (χ4v) is 4.15. The Hall–Kier alpha value is -1.76. The largest absolute Gasteiger partial charge is 0.476 e. The molecular formula is C16H22N2O4S. The molecule has 0 bridgehead atoms. The highest BCUT2D eigenvalue weighted by atomic mass is 32.2. The lowest BCUT2D eigenvalue weighted by atomic mass is 10.00. The first-order valence-electron chi connectivity index (χ1n) is 7.88. The number of anilines is 1. The Morgan fingerprint density at radius 3 is 2.70 bits per heavy atom. The number of nitrogens with zero attached hydrogens (tertiary/aromatic N) is 2. The number of carbonyl (C=O) groups excluding carboxylic acids is 1. The summed E-state index contributed by atoms with van der Waals surface area (Å²) in [5, 5.41) is 0. The van der Waals surface area contributed by atoms with Crippen LogP contribution in [0.1, 0.15) is 19.8 Å². The van der Waals surface area contributed by atoms with Crippen molar-refractivity contribution >= 4 is 21.6 Å². The number of sulfonamides is 1. The maximum Gasteiger partial charge on any atom is 0.265 e. The highest BCUT2D eigenvalue weighted by molar-refractivity contribution is 7.92. The summed E-state index contributed by atoms with van der Waals surface area (Å²) in [5.74, 6) is 0.780. The van der Waals surface area contributed by atoms with Crippen molar-refractivity contribution in [2.24, 2.45) is 5.92 Å². The number of hydrogen-bond acceptors (Lipinski definition) is 4. The van der Waals surface area contributed by atoms with Gasteiger partial charge in [0.15, 0.2) is 6.10 Å². The van der Waals surface area contributed by atoms with Gasteiger partial charge in [0.05, 0.1) is 18.5 Å². The molecule has 2 atom stereocenters. The van der Waals surface area contributed by atoms with Gasteiger partial charge < -0.3 is 9.64 Å². The molecule has 6 nitrogen and oxygen atoms in total. The molecule has 0 unspecified atom stereocenters. The predicted molar refractivity (Wildman–Crippen MR) is 88.0 cm³/mol. The molecule has 2 aliphatic heterocycles. The van der Waals surface area contributed by atoms with E-state index in [0.717, 1.165) is 19.1 Å². The van der Waals surface area contributed by atoms with E-state index in [1.165, 1.54) is 4.31 Å². The van der Waals surface area contributed by atoms with Gasteiger partial charge in [-0.05, 0) is 30.9 Å². The Bertz CT molecular complexity index is 704. The zero-order valence-electron chi connectivity index (χ0n) is 13.4. The molecule has 1 fully saturated rings. The number of piperidine rings is 1. The second-order valence-electron chi connectivity index (χ2n) is 6.40. The molecule has 2 heterocycles. The Balaban J connectivity index is 1.86. The Morgan fingerprint density at radius 1 is 1.26 bits per heavy atom. The fourth-order valence-electron chi connectivity index (χ4n) is 3.24. The third kappa shape index (κ3) is 3.29. The van der Waals surface area contributed by atoms with Crippen molar-refractivity contribution < 1.29 is 17.9 Å². The molecule has 7 heteroatoms. The first-order chi connectivity index (χ1) is 10.9. The highest BCUT2D eigenvalue weighted by Crippen LogP contribution is 2.35. The van der Waals surface area contributed by atoms with Gasteiger partial charge in [-0.25, -0.2) is 8.42 Å². The van der Waals surface area contributed by atoms with Gasteiger partial charge in [0.25, 0.3) is 5.91 Å². The van der Waals surface area contributed by atoms with Crippen LogP contribution in [0.5, 0.6) is 5.75 Å². The van der Waals surface area contributed by atoms with Gasteiger partial charge in [-0.3, -0.25) is 9.10 Å². The van der Waals surface area contributed by atoms with Gasteiger partial charge in [-0.2, -0.15) is 0 Å². The minimum Gasteiger partial charge on any atom is -0.476 e. The lowest BCUT2D eigenvalue weighted by molar-refractivity contribution is -0.140. The van der Waals surface area contributed by atoms with Gasteiger partial charge in [0.1, 0.15) is 5.75 Å². The molecule has 1 amide bonds. The van der Waals surface area contributed by atoms with E-state index >= 15 is 0 Å². The summed E-state index contributed by atoms with van der Waals surface area (Å²) in [4.78, 5) is 14.6. The van der Waals surface area contributed by atoms with Crippen molar-refractivity contribution in [3.8, 4) is 5.75 Å². The average Bonchev–Trinajstić information content (AvgIpc) is 2.52. The van der Waals surface area contributed by atoms with Crippen LogP contribution < -0.4 is 9.04 Å². The second-order valence-corrected chi connectivity index (χ2v) is 8.31. The molecule has 1 aromatic carbocycles. The number of fused-ring (bicyclic) bond motifs is 1. The van der Waals surface area contributed by atoms with E-state index in [-0.39, 0.29) is 12.5 Å². The van der Waals surface area contributed by atoms with Crippen molar-refractivity contribution in [2.45, 2.75) is 25.9 Å². The molecule has 126 valence electrons. The third-order valence-corrected chi connectivity index (χ3v) is 5.53. The summed E-state index contributed by atoms with van der Waals surface area (Å²) in [6, 6.07) is 6.93. The number of benzene rings is 1. The lowest BCUT2D eigenvalue weighted by Crippen LogP contribution is -2.53. The van der Waals surface area contributed by atoms with Crippen LogP contribution in [0.2, 0.25) is 0 Å². The van der Waals surface area contributed by atoms with Crippen LogP contribution in [0.3, 0.4) is 0 Å². The smallest absolute Gasteiger partial charge is 0.265 e. The van der Waals surface area contributed by atoms with Gasteiger partial charge in [0, 0.05) is 13.1 Å². The van der Waals surface area contributed by atoms with Crippen LogP contribution in [0, 0.1) is 5.92 Å². The Kier molecular flexibility index (Phi) is 4.23. The molecule has 0 aromatic heterocycles. The zero-order chi connectivity index (χ0) is 16.6. The van der Waals surface area contributed by atoms with Gasteiger partial charge in [0.2, 0.25) is 10.0 Å². The van der Waals surface area contributed by atoms with Crippen molar-refractivity contribution in [1.82, 2.24) is 4.90 Å². The number of likely N-dealkylation sites (tertiary alicyclic amines) is 1. The predicted octanol–water partition coefficient (Wildman–Crippen LogP) is 1.47. The Morgan fingerprint density at radius 2 is 2.00 bits per heavy atom. The average molecular weight is 338 g/mol. The molecule has 3 rings (SSSR count). The highest BCUT2D eigenvalue weighted by Gasteiger charge is 2.37. The second kappa shape index (κ2) is 6.03. The Labute approximate surface area is 137 Å². The van der Waals surface area contributed by atoms with E-state index in [1.807, 2.05) is 0 Å². The maximum absolute atomic E-state index is 12.8. The first kappa shape index (κ1) is 16.1. The summed E-state index contributed by atoms with van der Waals surface area (Å²) < 4.78 is 31.3. The fraction of sp³-hybridized carbons (Fsp3) is 0.562. The van der Waals surface area contributed by atoms with Crippen LogP contribution in [0.4, 0.5) is 5.69 Å². The number of hydrogen-bond donors (Lipinski definition) is 0. The summed E-state index contributed by atoms with van der Waals surface area (Å²) >= 11 is 0. The summed E-state index contributed by atoms with van der Waals surface area (Å²) in [6.07, 6.45) is 2.46. The molecule has 2 aliphatic rings. The standard InChI is InChI=1S/C16H22N2O4S/c1-12-6-5-9-17(10-12)16(19)15-11-18(23(2,20)21)13-7-3-4-8-14(13)22-15/h3-4,7-8,12,15H,5-6,9-11H2,1-2H3/t12-,15-/m0/s1. The van der Waals surface area contributed by atoms with Crippen molar-refractivity contribution in [1.29, 1.82) is 0 Å². The minimum absolute atomic E-state index is 0.0273. The third-order valence-electron chi connectivity index (χ3n) is 4.38.